The smallest absolute Gasteiger partial charge is 0.253 e. The molecule has 16 heavy (non-hydrogen) atoms. The third kappa shape index (κ3) is 1.87. The topological polar surface area (TPSA) is 76.7 Å². The van der Waals surface area contributed by atoms with Crippen LogP contribution in [0.1, 0.15) is 5.56 Å². The Balaban J connectivity index is 2.69. The first-order valence-electron chi connectivity index (χ1n) is 4.63. The summed E-state index contributed by atoms with van der Waals surface area (Å²) in [6.07, 6.45) is 1.71. The van der Waals surface area contributed by atoms with Crippen molar-refractivity contribution in [3.05, 3.63) is 45.1 Å². The number of nitrogens with zero attached hydrogens (tertiary/aromatic N) is 2. The lowest BCUT2D eigenvalue weighted by Crippen LogP contribution is -2.15. The Bertz CT molecular complexity index is 627. The minimum atomic E-state index is -0.314. The standard InChI is InChI=1S/C10H10N4OS/c1-6-2-3-8(12-5-6)14-7(11)4-9(15)13-10(14)16/h2-5H,11H2,1H3,(H,13,15,16). The molecule has 5 nitrogen and oxygen atoms in total. The van der Waals surface area contributed by atoms with Crippen LogP contribution >= 0.6 is 12.2 Å². The summed E-state index contributed by atoms with van der Waals surface area (Å²) in [7, 11) is 0. The molecule has 0 radical (unpaired) electrons. The van der Waals surface area contributed by atoms with Crippen molar-refractivity contribution in [3.63, 3.8) is 0 Å². The van der Waals surface area contributed by atoms with Gasteiger partial charge in [-0.1, -0.05) is 6.07 Å². The normalized spacial score (nSPS) is 10.3. The van der Waals surface area contributed by atoms with Gasteiger partial charge < -0.3 is 5.73 Å². The lowest BCUT2D eigenvalue weighted by molar-refractivity contribution is 0.913. The molecule has 2 aromatic heterocycles. The second kappa shape index (κ2) is 3.90. The number of pyridine rings is 1. The average Bonchev–Trinajstić information content (AvgIpc) is 2.19. The molecule has 0 bridgehead atoms. The van der Waals surface area contributed by atoms with Gasteiger partial charge in [0.25, 0.3) is 5.56 Å². The molecule has 0 spiro atoms. The third-order valence-electron chi connectivity index (χ3n) is 2.10. The van der Waals surface area contributed by atoms with Gasteiger partial charge in [0.1, 0.15) is 11.6 Å². The molecule has 0 aliphatic carbocycles. The van der Waals surface area contributed by atoms with E-state index >= 15 is 0 Å². The highest BCUT2D eigenvalue weighted by atomic mass is 32.1. The van der Waals surface area contributed by atoms with Gasteiger partial charge in [0.2, 0.25) is 0 Å². The fourth-order valence-electron chi connectivity index (χ4n) is 1.34. The summed E-state index contributed by atoms with van der Waals surface area (Å²) in [5, 5.41) is 0. The first-order valence-corrected chi connectivity index (χ1v) is 5.03. The predicted molar refractivity (Wildman–Crippen MR) is 64.2 cm³/mol. The zero-order valence-corrected chi connectivity index (χ0v) is 9.41. The lowest BCUT2D eigenvalue weighted by Gasteiger charge is -2.08. The fraction of sp³-hybridized carbons (Fsp3) is 0.100. The van der Waals surface area contributed by atoms with E-state index < -0.39 is 0 Å². The van der Waals surface area contributed by atoms with Crippen molar-refractivity contribution in [2.75, 3.05) is 5.73 Å². The van der Waals surface area contributed by atoms with Crippen molar-refractivity contribution in [1.29, 1.82) is 0 Å². The Morgan fingerprint density at radius 3 is 2.81 bits per heavy atom. The first-order chi connectivity index (χ1) is 7.58. The quantitative estimate of drug-likeness (QED) is 0.726. The molecule has 0 amide bonds. The predicted octanol–water partition coefficient (Wildman–Crippen LogP) is 1.18. The van der Waals surface area contributed by atoms with E-state index in [1.807, 2.05) is 13.0 Å². The summed E-state index contributed by atoms with van der Waals surface area (Å²) in [4.78, 5) is 17.8. The lowest BCUT2D eigenvalue weighted by atomic mass is 10.3. The summed E-state index contributed by atoms with van der Waals surface area (Å²) < 4.78 is 1.75. The van der Waals surface area contributed by atoms with Crippen molar-refractivity contribution in [2.45, 2.75) is 6.92 Å². The molecule has 2 rings (SSSR count). The molecule has 0 atom stereocenters. The number of aromatic nitrogens is 3. The molecule has 0 aliphatic heterocycles. The minimum absolute atomic E-state index is 0.237. The van der Waals surface area contributed by atoms with Gasteiger partial charge in [-0.05, 0) is 30.8 Å². The van der Waals surface area contributed by atoms with Crippen LogP contribution in [0.4, 0.5) is 5.82 Å². The molecule has 0 aromatic carbocycles. The summed E-state index contributed by atoms with van der Waals surface area (Å²) in [6.45, 7) is 1.94. The number of H-pyrrole nitrogens is 1. The largest absolute Gasteiger partial charge is 0.385 e. The number of nitrogens with one attached hydrogen (secondary N) is 1. The van der Waals surface area contributed by atoms with E-state index in [9.17, 15) is 4.79 Å². The molecule has 6 heteroatoms. The van der Waals surface area contributed by atoms with Crippen LogP contribution in [0.3, 0.4) is 0 Å². The Hall–Kier alpha value is -1.95. The molecule has 0 unspecified atom stereocenters. The maximum Gasteiger partial charge on any atom is 0.253 e. The van der Waals surface area contributed by atoms with E-state index in [2.05, 4.69) is 9.97 Å². The van der Waals surface area contributed by atoms with E-state index in [1.165, 1.54) is 10.6 Å². The van der Waals surface area contributed by atoms with Gasteiger partial charge in [0.15, 0.2) is 4.77 Å². The number of hydrogen-bond donors (Lipinski definition) is 2. The number of rotatable bonds is 1. The van der Waals surface area contributed by atoms with Crippen LogP contribution in [-0.4, -0.2) is 14.5 Å². The summed E-state index contributed by atoms with van der Waals surface area (Å²) in [5.41, 5.74) is 6.45. The number of nitrogens with two attached hydrogens (primary N) is 1. The Labute approximate surface area is 96.6 Å². The molecular weight excluding hydrogens is 224 g/mol. The Morgan fingerprint density at radius 2 is 2.25 bits per heavy atom. The number of aromatic amines is 1. The van der Waals surface area contributed by atoms with Crippen molar-refractivity contribution in [1.82, 2.24) is 14.5 Å². The SMILES string of the molecule is Cc1ccc(-n2c(N)cc(=O)[nH]c2=S)nc1. The summed E-state index contributed by atoms with van der Waals surface area (Å²) in [5.74, 6) is 0.856. The van der Waals surface area contributed by atoms with Gasteiger partial charge in [-0.25, -0.2) is 4.98 Å². The van der Waals surface area contributed by atoms with E-state index in [0.717, 1.165) is 5.56 Å². The molecule has 2 aromatic rings. The molecule has 0 saturated carbocycles. The monoisotopic (exact) mass is 234 g/mol. The number of hydrogen-bond acceptors (Lipinski definition) is 4. The summed E-state index contributed by atoms with van der Waals surface area (Å²) >= 11 is 5.03. The Kier molecular flexibility index (Phi) is 2.57. The van der Waals surface area contributed by atoms with Crippen LogP contribution in [0.5, 0.6) is 0 Å². The zero-order chi connectivity index (χ0) is 11.7. The molecule has 3 N–H and O–H groups in total. The second-order valence-corrected chi connectivity index (χ2v) is 3.78. The van der Waals surface area contributed by atoms with Crippen LogP contribution in [0.15, 0.2) is 29.2 Å². The number of aryl methyl sites for hydroxylation is 1. The highest BCUT2D eigenvalue weighted by Crippen LogP contribution is 2.09. The van der Waals surface area contributed by atoms with Gasteiger partial charge in [0, 0.05) is 12.3 Å². The minimum Gasteiger partial charge on any atom is -0.385 e. The number of nitrogen functional groups attached to an aromatic ring is 1. The van der Waals surface area contributed by atoms with E-state index in [4.69, 9.17) is 18.0 Å². The fourth-order valence-corrected chi connectivity index (χ4v) is 1.64. The maximum atomic E-state index is 11.1. The third-order valence-corrected chi connectivity index (χ3v) is 2.38. The van der Waals surface area contributed by atoms with Crippen LogP contribution < -0.4 is 11.3 Å². The van der Waals surface area contributed by atoms with Crippen LogP contribution in [0, 0.1) is 11.7 Å². The van der Waals surface area contributed by atoms with E-state index in [1.54, 1.807) is 12.3 Å². The van der Waals surface area contributed by atoms with Gasteiger partial charge >= 0.3 is 0 Å². The molecule has 82 valence electrons. The van der Waals surface area contributed by atoms with Gasteiger partial charge in [-0.3, -0.25) is 14.3 Å². The van der Waals surface area contributed by atoms with Crippen molar-refractivity contribution >= 4 is 18.0 Å². The van der Waals surface area contributed by atoms with Gasteiger partial charge in [0.05, 0.1) is 0 Å². The van der Waals surface area contributed by atoms with Crippen molar-refractivity contribution < 1.29 is 0 Å². The molecule has 0 fully saturated rings. The molecular formula is C10H10N4OS. The second-order valence-electron chi connectivity index (χ2n) is 3.39. The van der Waals surface area contributed by atoms with Crippen LogP contribution in [0.2, 0.25) is 0 Å². The Morgan fingerprint density at radius 1 is 1.50 bits per heavy atom. The van der Waals surface area contributed by atoms with Crippen LogP contribution in [-0.2, 0) is 0 Å². The van der Waals surface area contributed by atoms with Gasteiger partial charge in [-0.15, -0.1) is 0 Å². The van der Waals surface area contributed by atoms with Crippen molar-refractivity contribution in [2.24, 2.45) is 0 Å². The zero-order valence-electron chi connectivity index (χ0n) is 8.60. The van der Waals surface area contributed by atoms with Crippen LogP contribution in [0.25, 0.3) is 5.82 Å². The van der Waals surface area contributed by atoms with Crippen molar-refractivity contribution in [3.8, 4) is 5.82 Å². The highest BCUT2D eigenvalue weighted by molar-refractivity contribution is 7.71. The number of anilines is 1. The van der Waals surface area contributed by atoms with E-state index in [-0.39, 0.29) is 16.1 Å². The average molecular weight is 234 g/mol. The molecule has 2 heterocycles. The van der Waals surface area contributed by atoms with E-state index in [0.29, 0.717) is 5.82 Å². The van der Waals surface area contributed by atoms with Gasteiger partial charge in [-0.2, -0.15) is 0 Å². The first kappa shape index (κ1) is 10.6. The molecule has 0 aliphatic rings. The summed E-state index contributed by atoms with van der Waals surface area (Å²) in [6, 6.07) is 4.96. The highest BCUT2D eigenvalue weighted by Gasteiger charge is 2.03. The molecule has 0 saturated heterocycles. The maximum absolute atomic E-state index is 11.1.